The van der Waals surface area contributed by atoms with E-state index in [1.54, 1.807) is 24.3 Å². The molecule has 6 nitrogen and oxygen atoms in total. The molecule has 2 aromatic rings. The van der Waals surface area contributed by atoms with E-state index in [0.29, 0.717) is 5.75 Å². The summed E-state index contributed by atoms with van der Waals surface area (Å²) in [5, 5.41) is 2.84. The van der Waals surface area contributed by atoms with Crippen LogP contribution in [0, 0.1) is 6.92 Å². The van der Waals surface area contributed by atoms with Crippen molar-refractivity contribution in [2.45, 2.75) is 13.5 Å². The van der Waals surface area contributed by atoms with Crippen LogP contribution < -0.4 is 10.5 Å². The van der Waals surface area contributed by atoms with Gasteiger partial charge in [-0.1, -0.05) is 12.1 Å². The number of nitrogens with zero attached hydrogens (tertiary/aromatic N) is 1. The highest BCUT2D eigenvalue weighted by Crippen LogP contribution is 2.20. The Hall–Kier alpha value is -2.41. The van der Waals surface area contributed by atoms with E-state index in [9.17, 15) is 9.59 Å². The molecule has 2 rings (SSSR count). The lowest BCUT2D eigenvalue weighted by Crippen LogP contribution is -2.21. The second kappa shape index (κ2) is 6.85. The van der Waals surface area contributed by atoms with Crippen molar-refractivity contribution in [2.24, 2.45) is 5.73 Å². The first kappa shape index (κ1) is 15.0. The normalized spacial score (nSPS) is 10.1. The molecule has 1 aromatic carbocycles. The Morgan fingerprint density at radius 1 is 1.33 bits per heavy atom. The summed E-state index contributed by atoms with van der Waals surface area (Å²) in [5.74, 6) is -0.990. The second-order valence-corrected chi connectivity index (χ2v) is 5.25. The van der Waals surface area contributed by atoms with Crippen molar-refractivity contribution in [3.63, 3.8) is 0 Å². The number of carbonyl (C=O) groups is 2. The number of ether oxygens (including phenoxy) is 2. The minimum atomic E-state index is -0.709. The van der Waals surface area contributed by atoms with Crippen molar-refractivity contribution in [1.82, 2.24) is 4.98 Å². The summed E-state index contributed by atoms with van der Waals surface area (Å²) in [7, 11) is 0. The molecular weight excluding hydrogens is 292 g/mol. The molecule has 2 N–H and O–H groups in total. The van der Waals surface area contributed by atoms with E-state index < -0.39 is 18.5 Å². The van der Waals surface area contributed by atoms with Crippen LogP contribution in [0.2, 0.25) is 0 Å². The molecule has 0 atom stereocenters. The van der Waals surface area contributed by atoms with Gasteiger partial charge >= 0.3 is 5.97 Å². The number of nitrogens with two attached hydrogens (primary N) is 1. The Bertz CT molecular complexity index is 654. The third-order valence-corrected chi connectivity index (χ3v) is 3.32. The molecule has 0 bridgehead atoms. The summed E-state index contributed by atoms with van der Waals surface area (Å²) < 4.78 is 10.4. The molecule has 110 valence electrons. The van der Waals surface area contributed by atoms with Gasteiger partial charge in [0.05, 0.1) is 10.7 Å². The van der Waals surface area contributed by atoms with Gasteiger partial charge in [0.1, 0.15) is 17.9 Å². The minimum absolute atomic E-state index is 0.241. The lowest BCUT2D eigenvalue weighted by atomic mass is 10.2. The summed E-state index contributed by atoms with van der Waals surface area (Å²) >= 11 is 1.53. The van der Waals surface area contributed by atoms with Gasteiger partial charge in [-0.15, -0.1) is 11.3 Å². The number of carbonyl (C=O) groups excluding carboxylic acids is 2. The summed E-state index contributed by atoms with van der Waals surface area (Å²) in [4.78, 5) is 26.8. The average Bonchev–Trinajstić information content (AvgIpc) is 2.88. The third kappa shape index (κ3) is 4.28. The molecule has 0 unspecified atom stereocenters. The van der Waals surface area contributed by atoms with E-state index >= 15 is 0 Å². The van der Waals surface area contributed by atoms with Gasteiger partial charge in [-0.05, 0) is 19.1 Å². The van der Waals surface area contributed by atoms with Crippen LogP contribution in [0.15, 0.2) is 29.6 Å². The number of primary amides is 1. The highest BCUT2D eigenvalue weighted by atomic mass is 32.1. The van der Waals surface area contributed by atoms with Crippen molar-refractivity contribution in [2.75, 3.05) is 6.61 Å². The van der Waals surface area contributed by atoms with Gasteiger partial charge in [-0.2, -0.15) is 0 Å². The van der Waals surface area contributed by atoms with E-state index in [4.69, 9.17) is 15.2 Å². The van der Waals surface area contributed by atoms with Crippen molar-refractivity contribution in [1.29, 1.82) is 0 Å². The molecule has 21 heavy (non-hydrogen) atoms. The first-order valence-electron chi connectivity index (χ1n) is 6.14. The van der Waals surface area contributed by atoms with Crippen LogP contribution in [-0.4, -0.2) is 23.5 Å². The first-order chi connectivity index (χ1) is 10.1. The number of benzene rings is 1. The fourth-order valence-corrected chi connectivity index (χ4v) is 2.20. The fourth-order valence-electron chi connectivity index (χ4n) is 1.60. The van der Waals surface area contributed by atoms with Crippen molar-refractivity contribution < 1.29 is 19.1 Å². The van der Waals surface area contributed by atoms with Crippen LogP contribution in [-0.2, 0) is 16.1 Å². The fraction of sp³-hybridized carbons (Fsp3) is 0.214. The van der Waals surface area contributed by atoms with Crippen LogP contribution in [0.5, 0.6) is 5.75 Å². The van der Waals surface area contributed by atoms with Gasteiger partial charge in [0.15, 0.2) is 6.61 Å². The Morgan fingerprint density at radius 3 is 2.76 bits per heavy atom. The smallest absolute Gasteiger partial charge is 0.342 e. The maximum absolute atomic E-state index is 11.9. The number of amides is 1. The molecular formula is C14H14N2O4S. The lowest BCUT2D eigenvalue weighted by molar-refractivity contribution is -0.121. The molecule has 0 radical (unpaired) electrons. The molecule has 0 aliphatic carbocycles. The lowest BCUT2D eigenvalue weighted by Gasteiger charge is -2.09. The molecule has 1 aromatic heterocycles. The van der Waals surface area contributed by atoms with E-state index in [1.165, 1.54) is 11.3 Å². The van der Waals surface area contributed by atoms with Crippen LogP contribution in [0.4, 0.5) is 0 Å². The number of aromatic nitrogens is 1. The molecule has 1 heterocycles. The largest absolute Gasteiger partial charge is 0.486 e. The number of rotatable bonds is 6. The maximum Gasteiger partial charge on any atom is 0.342 e. The maximum atomic E-state index is 11.9. The number of hydrogen-bond acceptors (Lipinski definition) is 6. The van der Waals surface area contributed by atoms with E-state index in [0.717, 1.165) is 10.7 Å². The molecule has 1 amide bonds. The number of aryl methyl sites for hydroxylation is 1. The first-order valence-corrected chi connectivity index (χ1v) is 7.02. The molecule has 0 aliphatic rings. The highest BCUT2D eigenvalue weighted by molar-refractivity contribution is 7.09. The third-order valence-electron chi connectivity index (χ3n) is 2.49. The van der Waals surface area contributed by atoms with Gasteiger partial charge in [0, 0.05) is 5.38 Å². The van der Waals surface area contributed by atoms with E-state index in [1.807, 2.05) is 12.3 Å². The van der Waals surface area contributed by atoms with Gasteiger partial charge < -0.3 is 15.2 Å². The Kier molecular flexibility index (Phi) is 4.89. The molecule has 0 saturated carbocycles. The number of thiazole rings is 1. The molecule has 7 heteroatoms. The highest BCUT2D eigenvalue weighted by Gasteiger charge is 2.14. The number of esters is 1. The minimum Gasteiger partial charge on any atom is -0.486 e. The van der Waals surface area contributed by atoms with Crippen molar-refractivity contribution in [3.05, 3.63) is 45.9 Å². The summed E-state index contributed by atoms with van der Waals surface area (Å²) in [6, 6.07) is 6.64. The van der Waals surface area contributed by atoms with Gasteiger partial charge in [0.25, 0.3) is 5.91 Å². The van der Waals surface area contributed by atoms with Gasteiger partial charge in [-0.25, -0.2) is 9.78 Å². The van der Waals surface area contributed by atoms with E-state index in [2.05, 4.69) is 4.98 Å². The Labute approximate surface area is 125 Å². The molecule has 0 fully saturated rings. The topological polar surface area (TPSA) is 91.5 Å². The number of para-hydroxylation sites is 1. The average molecular weight is 306 g/mol. The molecule has 0 saturated heterocycles. The predicted molar refractivity (Wildman–Crippen MR) is 77.1 cm³/mol. The quantitative estimate of drug-likeness (QED) is 0.820. The van der Waals surface area contributed by atoms with Gasteiger partial charge in [0.2, 0.25) is 0 Å². The monoisotopic (exact) mass is 306 g/mol. The van der Waals surface area contributed by atoms with Crippen LogP contribution >= 0.6 is 11.3 Å². The van der Waals surface area contributed by atoms with Crippen molar-refractivity contribution >= 4 is 23.2 Å². The zero-order chi connectivity index (χ0) is 15.2. The summed E-state index contributed by atoms with van der Waals surface area (Å²) in [5.41, 5.74) is 5.97. The Balaban J connectivity index is 2.05. The standard InChI is InChI=1S/C14H14N2O4S/c1-9-16-10(8-21-9)6-19-12-5-3-2-4-11(12)14(18)20-7-13(15)17/h2-5,8H,6-7H2,1H3,(H2,15,17). The van der Waals surface area contributed by atoms with Crippen LogP contribution in [0.1, 0.15) is 21.1 Å². The van der Waals surface area contributed by atoms with Crippen LogP contribution in [0.3, 0.4) is 0 Å². The van der Waals surface area contributed by atoms with E-state index in [-0.39, 0.29) is 12.2 Å². The van der Waals surface area contributed by atoms with Gasteiger partial charge in [-0.3, -0.25) is 4.79 Å². The zero-order valence-electron chi connectivity index (χ0n) is 11.4. The second-order valence-electron chi connectivity index (χ2n) is 4.19. The predicted octanol–water partition coefficient (Wildman–Crippen LogP) is 1.67. The zero-order valence-corrected chi connectivity index (χ0v) is 12.2. The number of hydrogen-bond donors (Lipinski definition) is 1. The summed E-state index contributed by atoms with van der Waals surface area (Å²) in [6.45, 7) is 1.70. The SMILES string of the molecule is Cc1nc(COc2ccccc2C(=O)OCC(N)=O)cs1. The molecule has 0 aliphatic heterocycles. The van der Waals surface area contributed by atoms with Crippen molar-refractivity contribution in [3.8, 4) is 5.75 Å². The summed E-state index contributed by atoms with van der Waals surface area (Å²) in [6.07, 6.45) is 0. The van der Waals surface area contributed by atoms with Crippen LogP contribution in [0.25, 0.3) is 0 Å². The molecule has 0 spiro atoms. The Morgan fingerprint density at radius 2 is 2.10 bits per heavy atom.